The molecule has 1 aromatic carbocycles. The predicted octanol–water partition coefficient (Wildman–Crippen LogP) is 3.27. The molecule has 0 heterocycles. The minimum Gasteiger partial charge on any atom is -0.481 e. The Bertz CT molecular complexity index is 571. The Labute approximate surface area is 141 Å². The topological polar surface area (TPSA) is 69.6 Å². The molecule has 0 saturated heterocycles. The van der Waals surface area contributed by atoms with Gasteiger partial charge in [-0.05, 0) is 30.5 Å². The first-order chi connectivity index (χ1) is 10.9. The monoisotopic (exact) mass is 338 g/mol. The second-order valence-corrected chi connectivity index (χ2v) is 6.66. The molecule has 2 amide bonds. The van der Waals surface area contributed by atoms with Crippen molar-refractivity contribution >= 4 is 23.6 Å². The number of amides is 2. The van der Waals surface area contributed by atoms with Crippen LogP contribution in [0.5, 0.6) is 0 Å². The van der Waals surface area contributed by atoms with E-state index >= 15 is 0 Å². The third kappa shape index (κ3) is 4.61. The molecule has 1 aromatic rings. The molecule has 0 radical (unpaired) electrons. The van der Waals surface area contributed by atoms with E-state index in [4.69, 9.17) is 16.7 Å². The van der Waals surface area contributed by atoms with Gasteiger partial charge in [0.05, 0.1) is 6.42 Å². The molecule has 2 rings (SSSR count). The molecule has 0 atom stereocenters. The van der Waals surface area contributed by atoms with Crippen molar-refractivity contribution in [2.75, 3.05) is 20.1 Å². The average Bonchev–Trinajstić information content (AvgIpc) is 3.00. The maximum Gasteiger partial charge on any atom is 0.317 e. The maximum atomic E-state index is 12.1. The van der Waals surface area contributed by atoms with E-state index in [1.807, 2.05) is 18.2 Å². The molecule has 0 aliphatic heterocycles. The first-order valence-electron chi connectivity index (χ1n) is 7.90. The predicted molar refractivity (Wildman–Crippen MR) is 89.9 cm³/mol. The van der Waals surface area contributed by atoms with Gasteiger partial charge in [0, 0.05) is 30.6 Å². The maximum absolute atomic E-state index is 12.1. The van der Waals surface area contributed by atoms with E-state index in [-0.39, 0.29) is 24.4 Å². The van der Waals surface area contributed by atoms with Gasteiger partial charge in [-0.3, -0.25) is 4.79 Å². The van der Waals surface area contributed by atoms with Crippen molar-refractivity contribution < 1.29 is 14.7 Å². The van der Waals surface area contributed by atoms with Crippen LogP contribution in [0.2, 0.25) is 5.02 Å². The number of hydrogen-bond donors (Lipinski definition) is 2. The van der Waals surface area contributed by atoms with Gasteiger partial charge >= 0.3 is 12.0 Å². The van der Waals surface area contributed by atoms with E-state index in [2.05, 4.69) is 11.4 Å². The molecule has 6 heteroatoms. The van der Waals surface area contributed by atoms with Crippen molar-refractivity contribution in [1.29, 1.82) is 0 Å². The third-order valence-corrected chi connectivity index (χ3v) is 4.82. The van der Waals surface area contributed by atoms with E-state index in [1.165, 1.54) is 4.90 Å². The lowest BCUT2D eigenvalue weighted by Crippen LogP contribution is -2.44. The largest absolute Gasteiger partial charge is 0.481 e. The SMILES string of the molecule is CN(CCC(=O)O)C(=O)NCC1(c2cccc(Cl)c2)CCCC1. The smallest absolute Gasteiger partial charge is 0.317 e. The highest BCUT2D eigenvalue weighted by atomic mass is 35.5. The van der Waals surface area contributed by atoms with Gasteiger partial charge in [0.25, 0.3) is 0 Å². The van der Waals surface area contributed by atoms with Crippen molar-refractivity contribution in [3.8, 4) is 0 Å². The van der Waals surface area contributed by atoms with Crippen molar-refractivity contribution in [2.24, 2.45) is 0 Å². The van der Waals surface area contributed by atoms with Crippen molar-refractivity contribution in [1.82, 2.24) is 10.2 Å². The van der Waals surface area contributed by atoms with Gasteiger partial charge in [0.1, 0.15) is 0 Å². The highest BCUT2D eigenvalue weighted by Crippen LogP contribution is 2.41. The zero-order valence-corrected chi connectivity index (χ0v) is 14.1. The molecule has 1 aliphatic carbocycles. The number of halogens is 1. The molecule has 0 bridgehead atoms. The van der Waals surface area contributed by atoms with Crippen molar-refractivity contribution in [2.45, 2.75) is 37.5 Å². The molecule has 0 spiro atoms. The highest BCUT2D eigenvalue weighted by molar-refractivity contribution is 6.30. The second kappa shape index (κ2) is 7.68. The number of aliphatic carboxylic acids is 1. The van der Waals surface area contributed by atoms with Gasteiger partial charge in [-0.15, -0.1) is 0 Å². The molecule has 0 unspecified atom stereocenters. The van der Waals surface area contributed by atoms with Gasteiger partial charge in [0.15, 0.2) is 0 Å². The summed E-state index contributed by atoms with van der Waals surface area (Å²) >= 11 is 6.12. The molecule has 23 heavy (non-hydrogen) atoms. The molecule has 1 saturated carbocycles. The average molecular weight is 339 g/mol. The molecule has 5 nitrogen and oxygen atoms in total. The number of benzene rings is 1. The first-order valence-corrected chi connectivity index (χ1v) is 8.27. The number of nitrogens with one attached hydrogen (secondary N) is 1. The number of nitrogens with zero attached hydrogens (tertiary/aromatic N) is 1. The zero-order chi connectivity index (χ0) is 16.9. The van der Waals surface area contributed by atoms with E-state index < -0.39 is 5.97 Å². The Balaban J connectivity index is 2.00. The van der Waals surface area contributed by atoms with Crippen LogP contribution in [-0.4, -0.2) is 42.1 Å². The fourth-order valence-electron chi connectivity index (χ4n) is 3.18. The van der Waals surface area contributed by atoms with Crippen molar-refractivity contribution in [3.63, 3.8) is 0 Å². The molecule has 2 N–H and O–H groups in total. The lowest BCUT2D eigenvalue weighted by atomic mass is 9.79. The number of hydrogen-bond acceptors (Lipinski definition) is 2. The summed E-state index contributed by atoms with van der Waals surface area (Å²) in [6.07, 6.45) is 4.26. The van der Waals surface area contributed by atoms with Crippen LogP contribution in [0.25, 0.3) is 0 Å². The summed E-state index contributed by atoms with van der Waals surface area (Å²) in [7, 11) is 1.61. The molecule has 1 aliphatic rings. The van der Waals surface area contributed by atoms with Crippen LogP contribution in [0.15, 0.2) is 24.3 Å². The van der Waals surface area contributed by atoms with Gasteiger partial charge in [-0.2, -0.15) is 0 Å². The first kappa shape index (κ1) is 17.6. The number of carbonyl (C=O) groups excluding carboxylic acids is 1. The third-order valence-electron chi connectivity index (χ3n) is 4.58. The van der Waals surface area contributed by atoms with Crippen molar-refractivity contribution in [3.05, 3.63) is 34.9 Å². The molecule has 0 aromatic heterocycles. The molecule has 126 valence electrons. The fraction of sp³-hybridized carbons (Fsp3) is 0.529. The second-order valence-electron chi connectivity index (χ2n) is 6.22. The van der Waals surface area contributed by atoms with Crippen LogP contribution in [0.1, 0.15) is 37.7 Å². The summed E-state index contributed by atoms with van der Waals surface area (Å²) in [6, 6.07) is 7.61. The summed E-state index contributed by atoms with van der Waals surface area (Å²) in [5.74, 6) is -0.907. The summed E-state index contributed by atoms with van der Waals surface area (Å²) in [5.41, 5.74) is 1.09. The van der Waals surface area contributed by atoms with E-state index in [0.29, 0.717) is 11.6 Å². The minimum atomic E-state index is -0.907. The molecule has 1 fully saturated rings. The summed E-state index contributed by atoms with van der Waals surface area (Å²) in [5, 5.41) is 12.4. The summed E-state index contributed by atoms with van der Waals surface area (Å²) in [6.45, 7) is 0.745. The normalized spacial score (nSPS) is 16.1. The highest BCUT2D eigenvalue weighted by Gasteiger charge is 2.36. The number of carboxylic acids is 1. The number of rotatable bonds is 6. The molecular weight excluding hydrogens is 316 g/mol. The Kier molecular flexibility index (Phi) is 5.88. The van der Waals surface area contributed by atoms with Gasteiger partial charge in [-0.25, -0.2) is 4.79 Å². The number of carbonyl (C=O) groups is 2. The Hall–Kier alpha value is -1.75. The van der Waals surface area contributed by atoms with Gasteiger partial charge in [-0.1, -0.05) is 36.6 Å². The number of urea groups is 1. The summed E-state index contributed by atoms with van der Waals surface area (Å²) < 4.78 is 0. The van der Waals surface area contributed by atoms with Crippen LogP contribution in [0, 0.1) is 0 Å². The quantitative estimate of drug-likeness (QED) is 0.836. The Morgan fingerprint density at radius 1 is 1.35 bits per heavy atom. The van der Waals surface area contributed by atoms with Crippen LogP contribution in [0.4, 0.5) is 4.79 Å². The fourth-order valence-corrected chi connectivity index (χ4v) is 3.37. The van der Waals surface area contributed by atoms with Crippen LogP contribution < -0.4 is 5.32 Å². The van der Waals surface area contributed by atoms with E-state index in [9.17, 15) is 9.59 Å². The van der Waals surface area contributed by atoms with E-state index in [0.717, 1.165) is 31.2 Å². The minimum absolute atomic E-state index is 0.0522. The molecular formula is C17H23ClN2O3. The summed E-state index contributed by atoms with van der Waals surface area (Å²) in [4.78, 5) is 24.2. The standard InChI is InChI=1S/C17H23ClN2O3/c1-20(10-7-15(21)22)16(23)19-12-17(8-2-3-9-17)13-5-4-6-14(18)11-13/h4-6,11H,2-3,7-10,12H2,1H3,(H,19,23)(H,21,22). The lowest BCUT2D eigenvalue weighted by Gasteiger charge is -2.31. The Morgan fingerprint density at radius 2 is 2.04 bits per heavy atom. The van der Waals surface area contributed by atoms with Gasteiger partial charge in [0.2, 0.25) is 0 Å². The van der Waals surface area contributed by atoms with Crippen LogP contribution >= 0.6 is 11.6 Å². The lowest BCUT2D eigenvalue weighted by molar-refractivity contribution is -0.137. The van der Waals surface area contributed by atoms with E-state index in [1.54, 1.807) is 7.05 Å². The van der Waals surface area contributed by atoms with Crippen LogP contribution in [0.3, 0.4) is 0 Å². The van der Waals surface area contributed by atoms with Crippen LogP contribution in [-0.2, 0) is 10.2 Å². The number of carboxylic acid groups (broad SMARTS) is 1. The zero-order valence-electron chi connectivity index (χ0n) is 13.3. The van der Waals surface area contributed by atoms with Gasteiger partial charge < -0.3 is 15.3 Å². The Morgan fingerprint density at radius 3 is 2.65 bits per heavy atom.